The maximum absolute atomic E-state index is 13.4. The first-order valence-electron chi connectivity index (χ1n) is 9.23. The van der Waals surface area contributed by atoms with Gasteiger partial charge in [-0.05, 0) is 50.6 Å². The number of benzene rings is 2. The summed E-state index contributed by atoms with van der Waals surface area (Å²) in [5.74, 6) is 0.761. The van der Waals surface area contributed by atoms with Crippen molar-refractivity contribution in [1.82, 2.24) is 24.5 Å². The largest absolute Gasteiger partial charge is 0.301 e. The molecule has 0 atom stereocenters. The second kappa shape index (κ2) is 6.93. The SMILES string of the molecule is Cc1ccc2c(c1)c(=O)n(C)c1nnc(CNC(C)(C)c3ccc(F)cc3Cl)n21. The van der Waals surface area contributed by atoms with Crippen LogP contribution in [0.1, 0.15) is 30.8 Å². The molecule has 6 nitrogen and oxygen atoms in total. The van der Waals surface area contributed by atoms with E-state index >= 15 is 0 Å². The summed E-state index contributed by atoms with van der Waals surface area (Å²) >= 11 is 6.25. The van der Waals surface area contributed by atoms with Gasteiger partial charge in [0.15, 0.2) is 5.82 Å². The fraction of sp³-hybridized carbons (Fsp3) is 0.286. The summed E-state index contributed by atoms with van der Waals surface area (Å²) in [4.78, 5) is 12.7. The van der Waals surface area contributed by atoms with E-state index in [2.05, 4.69) is 15.5 Å². The molecule has 4 rings (SSSR count). The van der Waals surface area contributed by atoms with Crippen molar-refractivity contribution in [3.8, 4) is 0 Å². The molecule has 0 aliphatic rings. The number of rotatable bonds is 4. The zero-order valence-corrected chi connectivity index (χ0v) is 17.4. The van der Waals surface area contributed by atoms with Crippen molar-refractivity contribution in [2.24, 2.45) is 7.05 Å². The molecule has 0 aliphatic carbocycles. The summed E-state index contributed by atoms with van der Waals surface area (Å²) in [5, 5.41) is 12.9. The fourth-order valence-corrected chi connectivity index (χ4v) is 3.97. The van der Waals surface area contributed by atoms with Crippen LogP contribution in [0.25, 0.3) is 16.7 Å². The topological polar surface area (TPSA) is 64.2 Å². The maximum atomic E-state index is 13.4. The van der Waals surface area contributed by atoms with Gasteiger partial charge in [-0.1, -0.05) is 29.3 Å². The molecule has 0 bridgehead atoms. The first kappa shape index (κ1) is 19.5. The van der Waals surface area contributed by atoms with Gasteiger partial charge in [0.05, 0.1) is 17.4 Å². The van der Waals surface area contributed by atoms with Gasteiger partial charge in [-0.25, -0.2) is 4.39 Å². The minimum absolute atomic E-state index is 0.110. The van der Waals surface area contributed by atoms with Gasteiger partial charge < -0.3 is 5.32 Å². The van der Waals surface area contributed by atoms with Crippen LogP contribution >= 0.6 is 11.6 Å². The molecule has 2 aromatic carbocycles. The number of hydrogen-bond acceptors (Lipinski definition) is 4. The Morgan fingerprint density at radius 2 is 1.93 bits per heavy atom. The Labute approximate surface area is 171 Å². The molecule has 29 heavy (non-hydrogen) atoms. The van der Waals surface area contributed by atoms with E-state index in [-0.39, 0.29) is 11.4 Å². The van der Waals surface area contributed by atoms with Crippen LogP contribution in [0.4, 0.5) is 4.39 Å². The highest BCUT2D eigenvalue weighted by molar-refractivity contribution is 6.31. The summed E-state index contributed by atoms with van der Waals surface area (Å²) in [7, 11) is 1.69. The van der Waals surface area contributed by atoms with Gasteiger partial charge in [0.1, 0.15) is 5.82 Å². The number of aromatic nitrogens is 4. The zero-order valence-electron chi connectivity index (χ0n) is 16.6. The second-order valence-corrected chi connectivity index (χ2v) is 8.15. The van der Waals surface area contributed by atoms with Crippen molar-refractivity contribution in [3.05, 3.63) is 74.5 Å². The quantitative estimate of drug-likeness (QED) is 0.554. The molecule has 2 aromatic heterocycles. The molecule has 0 unspecified atom stereocenters. The van der Waals surface area contributed by atoms with E-state index in [0.29, 0.717) is 28.6 Å². The van der Waals surface area contributed by atoms with Crippen molar-refractivity contribution < 1.29 is 4.39 Å². The van der Waals surface area contributed by atoms with Gasteiger partial charge in [-0.2, -0.15) is 0 Å². The number of hydrogen-bond donors (Lipinski definition) is 1. The Hall–Kier alpha value is -2.77. The minimum atomic E-state index is -0.538. The van der Waals surface area contributed by atoms with E-state index in [1.807, 2.05) is 43.4 Å². The van der Waals surface area contributed by atoms with E-state index in [1.54, 1.807) is 13.1 Å². The maximum Gasteiger partial charge on any atom is 0.262 e. The highest BCUT2D eigenvalue weighted by Crippen LogP contribution is 2.28. The smallest absolute Gasteiger partial charge is 0.262 e. The van der Waals surface area contributed by atoms with Gasteiger partial charge in [-0.3, -0.25) is 13.8 Å². The third kappa shape index (κ3) is 3.30. The average Bonchev–Trinajstić information content (AvgIpc) is 3.08. The molecule has 0 saturated heterocycles. The molecule has 2 heterocycles. The van der Waals surface area contributed by atoms with Crippen molar-refractivity contribution in [1.29, 1.82) is 0 Å². The molecule has 0 fully saturated rings. The lowest BCUT2D eigenvalue weighted by Crippen LogP contribution is -2.37. The van der Waals surface area contributed by atoms with E-state index in [0.717, 1.165) is 16.6 Å². The van der Waals surface area contributed by atoms with Crippen molar-refractivity contribution in [2.45, 2.75) is 32.9 Å². The third-order valence-electron chi connectivity index (χ3n) is 5.23. The number of halogens is 2. The molecular formula is C21H21ClFN5O. The van der Waals surface area contributed by atoms with Gasteiger partial charge in [0, 0.05) is 17.6 Å². The van der Waals surface area contributed by atoms with Gasteiger partial charge in [0.2, 0.25) is 5.78 Å². The molecule has 0 spiro atoms. The molecule has 8 heteroatoms. The molecule has 0 radical (unpaired) electrons. The summed E-state index contributed by atoms with van der Waals surface area (Å²) in [6, 6.07) is 10.1. The summed E-state index contributed by atoms with van der Waals surface area (Å²) in [6.07, 6.45) is 0. The lowest BCUT2D eigenvalue weighted by atomic mass is 9.94. The van der Waals surface area contributed by atoms with Crippen LogP contribution in [0.2, 0.25) is 5.02 Å². The Balaban J connectivity index is 1.77. The van der Waals surface area contributed by atoms with Crippen molar-refractivity contribution in [3.63, 3.8) is 0 Å². The van der Waals surface area contributed by atoms with Gasteiger partial charge in [0.25, 0.3) is 5.56 Å². The molecule has 0 aliphatic heterocycles. The minimum Gasteiger partial charge on any atom is -0.301 e. The predicted molar refractivity (Wildman–Crippen MR) is 112 cm³/mol. The zero-order chi connectivity index (χ0) is 20.9. The summed E-state index contributed by atoms with van der Waals surface area (Å²) < 4.78 is 16.8. The van der Waals surface area contributed by atoms with Crippen LogP contribution < -0.4 is 10.9 Å². The van der Waals surface area contributed by atoms with Crippen molar-refractivity contribution >= 4 is 28.3 Å². The number of fused-ring (bicyclic) bond motifs is 3. The number of nitrogens with zero attached hydrogens (tertiary/aromatic N) is 4. The monoisotopic (exact) mass is 413 g/mol. The lowest BCUT2D eigenvalue weighted by Gasteiger charge is -2.27. The molecule has 0 amide bonds. The number of aryl methyl sites for hydroxylation is 2. The van der Waals surface area contributed by atoms with E-state index < -0.39 is 5.54 Å². The van der Waals surface area contributed by atoms with E-state index in [4.69, 9.17) is 11.6 Å². The van der Waals surface area contributed by atoms with Crippen LogP contribution in [0.3, 0.4) is 0 Å². The Morgan fingerprint density at radius 3 is 2.66 bits per heavy atom. The van der Waals surface area contributed by atoms with Crippen LogP contribution in [-0.2, 0) is 19.1 Å². The molecular weight excluding hydrogens is 393 g/mol. The second-order valence-electron chi connectivity index (χ2n) is 7.74. The normalized spacial score (nSPS) is 12.2. The van der Waals surface area contributed by atoms with Gasteiger partial charge in [-0.15, -0.1) is 10.2 Å². The Morgan fingerprint density at radius 1 is 1.17 bits per heavy atom. The molecule has 0 saturated carbocycles. The van der Waals surface area contributed by atoms with Crippen LogP contribution in [0.5, 0.6) is 0 Å². The standard InChI is InChI=1S/C21H21ClFN5O/c1-12-5-8-17-14(9-12)19(29)27(4)20-26-25-18(28(17)20)11-24-21(2,3)15-7-6-13(23)10-16(15)22/h5-10,24H,11H2,1-4H3. The molecule has 4 aromatic rings. The first-order valence-corrected chi connectivity index (χ1v) is 9.61. The highest BCUT2D eigenvalue weighted by Gasteiger charge is 2.24. The van der Waals surface area contributed by atoms with Crippen molar-refractivity contribution in [2.75, 3.05) is 0 Å². The van der Waals surface area contributed by atoms with Crippen LogP contribution in [-0.4, -0.2) is 19.2 Å². The molecule has 150 valence electrons. The van der Waals surface area contributed by atoms with Crippen LogP contribution in [0, 0.1) is 12.7 Å². The van der Waals surface area contributed by atoms with Crippen LogP contribution in [0.15, 0.2) is 41.2 Å². The highest BCUT2D eigenvalue weighted by atomic mass is 35.5. The predicted octanol–water partition coefficient (Wildman–Crippen LogP) is 3.71. The Bertz CT molecular complexity index is 1310. The summed E-state index contributed by atoms with van der Waals surface area (Å²) in [5.41, 5.74) is 1.90. The van der Waals surface area contributed by atoms with E-state index in [9.17, 15) is 9.18 Å². The fourth-order valence-electron chi connectivity index (χ4n) is 3.56. The third-order valence-corrected chi connectivity index (χ3v) is 5.55. The summed E-state index contributed by atoms with van der Waals surface area (Å²) in [6.45, 7) is 6.26. The van der Waals surface area contributed by atoms with E-state index in [1.165, 1.54) is 16.7 Å². The molecule has 1 N–H and O–H groups in total. The van der Waals surface area contributed by atoms with Gasteiger partial charge >= 0.3 is 0 Å². The Kier molecular flexibility index (Phi) is 4.67. The lowest BCUT2D eigenvalue weighted by molar-refractivity contribution is 0.394. The number of nitrogens with one attached hydrogen (secondary N) is 1. The average molecular weight is 414 g/mol. The first-order chi connectivity index (χ1) is 13.7.